The molecule has 0 unspecified atom stereocenters. The van der Waals surface area contributed by atoms with Gasteiger partial charge >= 0.3 is 0 Å². The minimum absolute atomic E-state index is 0.0306. The third kappa shape index (κ3) is 2.55. The van der Waals surface area contributed by atoms with Crippen LogP contribution in [0, 0.1) is 0 Å². The van der Waals surface area contributed by atoms with Gasteiger partial charge in [0, 0.05) is 11.5 Å². The fourth-order valence-corrected chi connectivity index (χ4v) is 4.33. The monoisotopic (exact) mass is 388 g/mol. The third-order valence-electron chi connectivity index (χ3n) is 4.85. The molecule has 4 aromatic rings. The lowest BCUT2D eigenvalue weighted by atomic mass is 9.82. The molecular formula is C21H16N4O2S. The Labute approximate surface area is 165 Å². The van der Waals surface area contributed by atoms with Crippen LogP contribution in [0.2, 0.25) is 0 Å². The number of carbonyl (C=O) groups is 1. The maximum absolute atomic E-state index is 12.5. The maximum atomic E-state index is 12.5. The van der Waals surface area contributed by atoms with Crippen molar-refractivity contribution in [3.8, 4) is 16.6 Å². The minimum Gasteiger partial charge on any atom is -0.443 e. The van der Waals surface area contributed by atoms with Gasteiger partial charge < -0.3 is 4.74 Å². The molecule has 1 aliphatic rings. The maximum Gasteiger partial charge on any atom is 0.228 e. The smallest absolute Gasteiger partial charge is 0.228 e. The Bertz CT molecular complexity index is 1230. The highest BCUT2D eigenvalue weighted by atomic mass is 32.1. The average molecular weight is 388 g/mol. The van der Waals surface area contributed by atoms with E-state index in [0.717, 1.165) is 16.0 Å². The summed E-state index contributed by atoms with van der Waals surface area (Å²) in [6.07, 6.45) is 1.60. The molecule has 1 atom stereocenters. The van der Waals surface area contributed by atoms with Crippen molar-refractivity contribution >= 4 is 22.8 Å². The van der Waals surface area contributed by atoms with Crippen molar-refractivity contribution in [1.82, 2.24) is 19.6 Å². The molecule has 0 spiro atoms. The molecule has 1 aliphatic heterocycles. The molecule has 0 aliphatic carbocycles. The molecule has 0 fully saturated rings. The van der Waals surface area contributed by atoms with Gasteiger partial charge in [0.2, 0.25) is 5.88 Å². The zero-order valence-electron chi connectivity index (χ0n) is 15.3. The van der Waals surface area contributed by atoms with Crippen molar-refractivity contribution in [3.05, 3.63) is 76.6 Å². The van der Waals surface area contributed by atoms with Crippen molar-refractivity contribution in [3.63, 3.8) is 0 Å². The number of Topliss-reactive ketones (excluding diaryl/α,β-unsaturated/α-hetero) is 1. The fraction of sp³-hybridized carbons (Fsp3) is 0.143. The van der Waals surface area contributed by atoms with Crippen LogP contribution in [0.4, 0.5) is 0 Å². The van der Waals surface area contributed by atoms with Crippen molar-refractivity contribution in [2.45, 2.75) is 19.8 Å². The van der Waals surface area contributed by atoms with Crippen LogP contribution in [-0.2, 0) is 4.79 Å². The predicted octanol–water partition coefficient (Wildman–Crippen LogP) is 4.24. The number of hydrogen-bond acceptors (Lipinski definition) is 6. The number of nitrogens with zero attached hydrogens (tertiary/aromatic N) is 4. The molecule has 0 saturated carbocycles. The zero-order valence-corrected chi connectivity index (χ0v) is 16.1. The van der Waals surface area contributed by atoms with Gasteiger partial charge in [-0.15, -0.1) is 16.4 Å². The minimum atomic E-state index is -0.306. The largest absolute Gasteiger partial charge is 0.443 e. The van der Waals surface area contributed by atoms with Gasteiger partial charge in [-0.05, 0) is 30.9 Å². The molecule has 0 bridgehead atoms. The first-order valence-electron chi connectivity index (χ1n) is 8.87. The van der Waals surface area contributed by atoms with Gasteiger partial charge in [-0.2, -0.15) is 0 Å². The number of carbonyl (C=O) groups excluding carboxylic acids is 1. The van der Waals surface area contributed by atoms with Crippen LogP contribution in [0.25, 0.3) is 16.3 Å². The van der Waals surface area contributed by atoms with E-state index in [1.165, 1.54) is 0 Å². The Kier molecular flexibility index (Phi) is 3.84. The number of benzene rings is 1. The SMILES string of the molecule is CC(=O)C1=C(C)Oc2ncn3nc(-c4cccs4)nc3c2[C@H]1c1ccccc1. The molecule has 138 valence electrons. The summed E-state index contributed by atoms with van der Waals surface area (Å²) < 4.78 is 7.59. The summed E-state index contributed by atoms with van der Waals surface area (Å²) in [4.78, 5) is 22.7. The van der Waals surface area contributed by atoms with Gasteiger partial charge in [0.25, 0.3) is 0 Å². The topological polar surface area (TPSA) is 69.4 Å². The summed E-state index contributed by atoms with van der Waals surface area (Å²) in [5.41, 5.74) is 3.02. The lowest BCUT2D eigenvalue weighted by Gasteiger charge is -2.28. The van der Waals surface area contributed by atoms with Crippen LogP contribution in [-0.4, -0.2) is 25.4 Å². The second-order valence-electron chi connectivity index (χ2n) is 6.62. The summed E-state index contributed by atoms with van der Waals surface area (Å²) in [5, 5.41) is 6.57. The van der Waals surface area contributed by atoms with Crippen LogP contribution >= 0.6 is 11.3 Å². The number of hydrogen-bond donors (Lipinski definition) is 0. The van der Waals surface area contributed by atoms with Gasteiger partial charge in [0.1, 0.15) is 12.1 Å². The molecule has 0 radical (unpaired) electrons. The summed E-state index contributed by atoms with van der Waals surface area (Å²) >= 11 is 1.58. The van der Waals surface area contributed by atoms with Crippen LogP contribution in [0.15, 0.2) is 65.5 Å². The molecule has 6 nitrogen and oxygen atoms in total. The third-order valence-corrected chi connectivity index (χ3v) is 5.71. The number of aromatic nitrogens is 4. The highest BCUT2D eigenvalue weighted by Gasteiger charge is 2.35. The zero-order chi connectivity index (χ0) is 19.3. The van der Waals surface area contributed by atoms with Gasteiger partial charge in [-0.25, -0.2) is 14.5 Å². The average Bonchev–Trinajstić information content (AvgIpc) is 3.36. The van der Waals surface area contributed by atoms with Crippen LogP contribution in [0.1, 0.15) is 30.9 Å². The van der Waals surface area contributed by atoms with Crippen molar-refractivity contribution in [1.29, 1.82) is 0 Å². The number of rotatable bonds is 3. The lowest BCUT2D eigenvalue weighted by molar-refractivity contribution is -0.114. The first-order valence-corrected chi connectivity index (χ1v) is 9.75. The Morgan fingerprint density at radius 3 is 2.71 bits per heavy atom. The van der Waals surface area contributed by atoms with Crippen LogP contribution < -0.4 is 4.74 Å². The summed E-state index contributed by atoms with van der Waals surface area (Å²) in [5.74, 6) is 1.33. The first kappa shape index (κ1) is 16.8. The van der Waals surface area contributed by atoms with Gasteiger partial charge in [0.05, 0.1) is 10.4 Å². The summed E-state index contributed by atoms with van der Waals surface area (Å²) in [6.45, 7) is 3.37. The highest BCUT2D eigenvalue weighted by molar-refractivity contribution is 7.13. The number of allylic oxidation sites excluding steroid dienone is 2. The normalized spacial score (nSPS) is 16.1. The Hall–Kier alpha value is -3.32. The molecule has 5 rings (SSSR count). The molecule has 1 aromatic carbocycles. The van der Waals surface area contributed by atoms with Gasteiger partial charge in [0.15, 0.2) is 17.3 Å². The van der Waals surface area contributed by atoms with E-state index in [9.17, 15) is 4.79 Å². The van der Waals surface area contributed by atoms with E-state index in [-0.39, 0.29) is 11.7 Å². The van der Waals surface area contributed by atoms with Crippen LogP contribution in [0.5, 0.6) is 5.88 Å². The van der Waals surface area contributed by atoms with Crippen molar-refractivity contribution in [2.75, 3.05) is 0 Å². The number of thiophene rings is 1. The number of ketones is 1. The van der Waals surface area contributed by atoms with E-state index >= 15 is 0 Å². The Morgan fingerprint density at radius 2 is 2.00 bits per heavy atom. The van der Waals surface area contributed by atoms with E-state index in [1.54, 1.807) is 29.1 Å². The second kappa shape index (κ2) is 6.38. The molecule has 0 saturated heterocycles. The lowest BCUT2D eigenvalue weighted by Crippen LogP contribution is -2.22. The van der Waals surface area contributed by atoms with E-state index in [1.807, 2.05) is 54.8 Å². The number of ether oxygens (including phenoxy) is 1. The molecule has 0 N–H and O–H groups in total. The van der Waals surface area contributed by atoms with E-state index in [2.05, 4.69) is 10.1 Å². The molecule has 7 heteroatoms. The van der Waals surface area contributed by atoms with Crippen LogP contribution in [0.3, 0.4) is 0 Å². The predicted molar refractivity (Wildman–Crippen MR) is 106 cm³/mol. The molecule has 4 heterocycles. The van der Waals surface area contributed by atoms with Gasteiger partial charge in [-0.1, -0.05) is 36.4 Å². The Balaban J connectivity index is 1.80. The molecular weight excluding hydrogens is 372 g/mol. The highest BCUT2D eigenvalue weighted by Crippen LogP contribution is 2.44. The van der Waals surface area contributed by atoms with Gasteiger partial charge in [-0.3, -0.25) is 4.79 Å². The molecule has 3 aromatic heterocycles. The van der Waals surface area contributed by atoms with E-state index in [4.69, 9.17) is 9.72 Å². The quantitative estimate of drug-likeness (QED) is 0.525. The van der Waals surface area contributed by atoms with Crippen molar-refractivity contribution < 1.29 is 9.53 Å². The van der Waals surface area contributed by atoms with E-state index in [0.29, 0.717) is 28.7 Å². The number of fused-ring (bicyclic) bond motifs is 3. The Morgan fingerprint density at radius 1 is 1.18 bits per heavy atom. The first-order chi connectivity index (χ1) is 13.6. The second-order valence-corrected chi connectivity index (χ2v) is 7.56. The summed E-state index contributed by atoms with van der Waals surface area (Å²) in [6, 6.07) is 13.9. The summed E-state index contributed by atoms with van der Waals surface area (Å²) in [7, 11) is 0. The van der Waals surface area contributed by atoms with E-state index < -0.39 is 0 Å². The molecule has 0 amide bonds. The van der Waals surface area contributed by atoms with Crippen molar-refractivity contribution in [2.24, 2.45) is 0 Å². The fourth-order valence-electron chi connectivity index (χ4n) is 3.68. The standard InChI is InChI=1S/C21H16N4O2S/c1-12(26)16-13(2)27-21-18(17(16)14-7-4-3-5-8-14)20-23-19(15-9-6-10-28-15)24-25(20)11-22-21/h3-11,17H,1-2H3/t17-/m0/s1. The molecule has 28 heavy (non-hydrogen) atoms.